The monoisotopic (exact) mass is 559 g/mol. The van der Waals surface area contributed by atoms with E-state index in [0.29, 0.717) is 32.6 Å². The average molecular weight is 560 g/mol. The molecule has 1 saturated heterocycles. The number of hydrazine groups is 1. The van der Waals surface area contributed by atoms with E-state index in [1.807, 2.05) is 41.3 Å². The molecule has 4 aromatic rings. The zero-order valence-corrected chi connectivity index (χ0v) is 22.0. The fourth-order valence-corrected chi connectivity index (χ4v) is 5.66. The molecule has 2 aliphatic heterocycles. The predicted molar refractivity (Wildman–Crippen MR) is 145 cm³/mol. The van der Waals surface area contributed by atoms with Gasteiger partial charge in [0.05, 0.1) is 29.7 Å². The van der Waals surface area contributed by atoms with E-state index in [0.717, 1.165) is 49.8 Å². The number of halogens is 1. The van der Waals surface area contributed by atoms with E-state index in [1.165, 1.54) is 5.01 Å². The first kappa shape index (κ1) is 23.6. The quantitative estimate of drug-likeness (QED) is 0.304. The van der Waals surface area contributed by atoms with Crippen molar-refractivity contribution in [2.75, 3.05) is 36.1 Å². The summed E-state index contributed by atoms with van der Waals surface area (Å²) in [4.78, 5) is 38.0. The SMILES string of the molecule is CC(=O)N1CCN(c2ncc(Br)n3c(-c4ccc5c(c4)CC(=O)N5N)c(Cc4ccccc4)nc23)CC1. The molecule has 0 atom stereocenters. The van der Waals surface area contributed by atoms with Crippen molar-refractivity contribution in [3.63, 3.8) is 0 Å². The molecule has 10 heteroatoms. The van der Waals surface area contributed by atoms with Crippen molar-refractivity contribution in [1.82, 2.24) is 19.3 Å². The van der Waals surface area contributed by atoms with Gasteiger partial charge in [-0.2, -0.15) is 0 Å². The van der Waals surface area contributed by atoms with E-state index < -0.39 is 0 Å². The Hall–Kier alpha value is -3.76. The van der Waals surface area contributed by atoms with Crippen LogP contribution in [0.2, 0.25) is 0 Å². The minimum atomic E-state index is -0.118. The van der Waals surface area contributed by atoms with Crippen LogP contribution in [0.1, 0.15) is 23.7 Å². The number of nitrogens with two attached hydrogens (primary N) is 1. The normalized spacial score (nSPS) is 15.5. The van der Waals surface area contributed by atoms with Crippen molar-refractivity contribution in [2.45, 2.75) is 19.8 Å². The van der Waals surface area contributed by atoms with Crippen LogP contribution in [0.15, 0.2) is 59.3 Å². The number of amides is 2. The number of carbonyl (C=O) groups excluding carboxylic acids is 2. The first-order valence-corrected chi connectivity index (χ1v) is 13.0. The topological polar surface area (TPSA) is 100 Å². The van der Waals surface area contributed by atoms with Crippen molar-refractivity contribution >= 4 is 44.9 Å². The maximum Gasteiger partial charge on any atom is 0.245 e. The van der Waals surface area contributed by atoms with Gasteiger partial charge in [-0.3, -0.25) is 14.0 Å². The highest BCUT2D eigenvalue weighted by molar-refractivity contribution is 9.10. The van der Waals surface area contributed by atoms with E-state index in [1.54, 1.807) is 13.1 Å². The summed E-state index contributed by atoms with van der Waals surface area (Å²) in [6.45, 7) is 4.29. The summed E-state index contributed by atoms with van der Waals surface area (Å²) in [7, 11) is 0. The molecule has 2 aliphatic rings. The molecule has 0 radical (unpaired) electrons. The third-order valence-corrected chi connectivity index (χ3v) is 7.68. The second-order valence-corrected chi connectivity index (χ2v) is 10.2. The summed E-state index contributed by atoms with van der Waals surface area (Å²) in [6, 6.07) is 16.2. The number of benzene rings is 2. The number of hydrogen-bond acceptors (Lipinski definition) is 6. The van der Waals surface area contributed by atoms with Gasteiger partial charge in [0, 0.05) is 45.1 Å². The molecule has 0 spiro atoms. The lowest BCUT2D eigenvalue weighted by atomic mass is 10.0. The molecule has 2 N–H and O–H groups in total. The summed E-state index contributed by atoms with van der Waals surface area (Å²) in [5, 5.41) is 1.22. The van der Waals surface area contributed by atoms with Gasteiger partial charge in [0.1, 0.15) is 4.60 Å². The Bertz CT molecular complexity index is 1530. The van der Waals surface area contributed by atoms with Crippen LogP contribution in [0.4, 0.5) is 11.5 Å². The van der Waals surface area contributed by atoms with Crippen LogP contribution in [0.25, 0.3) is 16.9 Å². The van der Waals surface area contributed by atoms with Crippen LogP contribution in [-0.2, 0) is 22.4 Å². The van der Waals surface area contributed by atoms with Crippen LogP contribution in [-0.4, -0.2) is 57.3 Å². The van der Waals surface area contributed by atoms with Gasteiger partial charge in [-0.1, -0.05) is 36.4 Å². The van der Waals surface area contributed by atoms with Crippen LogP contribution in [0.3, 0.4) is 0 Å². The smallest absolute Gasteiger partial charge is 0.245 e. The number of rotatable bonds is 4. The van der Waals surface area contributed by atoms with Gasteiger partial charge < -0.3 is 9.80 Å². The summed E-state index contributed by atoms with van der Waals surface area (Å²) >= 11 is 3.72. The molecule has 9 nitrogen and oxygen atoms in total. The lowest BCUT2D eigenvalue weighted by Crippen LogP contribution is -2.48. The highest BCUT2D eigenvalue weighted by Gasteiger charge is 2.28. The van der Waals surface area contributed by atoms with Crippen molar-refractivity contribution < 1.29 is 9.59 Å². The number of piperazine rings is 1. The molecule has 0 saturated carbocycles. The Kier molecular flexibility index (Phi) is 5.92. The Labute approximate surface area is 222 Å². The maximum atomic E-state index is 12.2. The number of anilines is 2. The largest absolute Gasteiger partial charge is 0.350 e. The summed E-state index contributed by atoms with van der Waals surface area (Å²) in [5.41, 5.74) is 6.36. The molecule has 0 aliphatic carbocycles. The number of imidazole rings is 1. The number of fused-ring (bicyclic) bond motifs is 2. The Morgan fingerprint density at radius 3 is 2.57 bits per heavy atom. The minimum Gasteiger partial charge on any atom is -0.350 e. The van der Waals surface area contributed by atoms with Crippen molar-refractivity contribution in [3.05, 3.63) is 76.2 Å². The zero-order chi connectivity index (χ0) is 25.7. The molecule has 1 fully saturated rings. The standard InChI is InChI=1S/C27H26BrN7O2/c1-17(36)32-9-11-33(12-10-32)26-27-31-21(13-18-5-3-2-4-6-18)25(34(27)23(28)16-30-26)19-7-8-22-20(14-19)15-24(37)35(22)29/h2-8,14,16H,9-13,15,29H2,1H3. The number of aromatic nitrogens is 3. The summed E-state index contributed by atoms with van der Waals surface area (Å²) in [6.07, 6.45) is 2.72. The molecule has 0 bridgehead atoms. The van der Waals surface area contributed by atoms with Crippen molar-refractivity contribution in [2.24, 2.45) is 5.84 Å². The fraction of sp³-hybridized carbons (Fsp3) is 0.259. The Morgan fingerprint density at radius 2 is 1.84 bits per heavy atom. The number of nitrogens with zero attached hydrogens (tertiary/aromatic N) is 6. The molecule has 2 aromatic heterocycles. The maximum absolute atomic E-state index is 12.2. The Balaban J connectivity index is 1.50. The third-order valence-electron chi connectivity index (χ3n) is 7.12. The van der Waals surface area contributed by atoms with Gasteiger partial charge in [-0.05, 0) is 39.2 Å². The van der Waals surface area contributed by atoms with E-state index in [2.05, 4.69) is 37.4 Å². The van der Waals surface area contributed by atoms with Gasteiger partial charge in [0.25, 0.3) is 0 Å². The molecule has 2 amide bonds. The van der Waals surface area contributed by atoms with Crippen molar-refractivity contribution in [1.29, 1.82) is 0 Å². The lowest BCUT2D eigenvalue weighted by molar-refractivity contribution is -0.129. The molecule has 4 heterocycles. The van der Waals surface area contributed by atoms with E-state index in [4.69, 9.17) is 15.8 Å². The van der Waals surface area contributed by atoms with E-state index in [-0.39, 0.29) is 18.2 Å². The Morgan fingerprint density at radius 1 is 1.08 bits per heavy atom. The van der Waals surface area contributed by atoms with Crippen LogP contribution in [0, 0.1) is 0 Å². The number of carbonyl (C=O) groups is 2. The van der Waals surface area contributed by atoms with Gasteiger partial charge in [-0.25, -0.2) is 20.8 Å². The molecule has 2 aromatic carbocycles. The lowest BCUT2D eigenvalue weighted by Gasteiger charge is -2.34. The molecule has 37 heavy (non-hydrogen) atoms. The highest BCUT2D eigenvalue weighted by atomic mass is 79.9. The summed E-state index contributed by atoms with van der Waals surface area (Å²) < 4.78 is 2.88. The molecule has 188 valence electrons. The van der Waals surface area contributed by atoms with Gasteiger partial charge in [0.15, 0.2) is 11.5 Å². The van der Waals surface area contributed by atoms with Crippen molar-refractivity contribution in [3.8, 4) is 11.3 Å². The van der Waals surface area contributed by atoms with E-state index >= 15 is 0 Å². The number of hydrogen-bond donors (Lipinski definition) is 1. The van der Waals surface area contributed by atoms with Gasteiger partial charge in [0.2, 0.25) is 11.8 Å². The second-order valence-electron chi connectivity index (χ2n) is 9.41. The zero-order valence-electron chi connectivity index (χ0n) is 20.4. The molecular formula is C27H26BrN7O2. The molecule has 0 unspecified atom stereocenters. The third kappa shape index (κ3) is 4.15. The fourth-order valence-electron chi connectivity index (χ4n) is 5.21. The first-order valence-electron chi connectivity index (χ1n) is 12.2. The minimum absolute atomic E-state index is 0.0907. The average Bonchev–Trinajstić information content (AvgIpc) is 3.42. The van der Waals surface area contributed by atoms with E-state index in [9.17, 15) is 9.59 Å². The van der Waals surface area contributed by atoms with Gasteiger partial charge >= 0.3 is 0 Å². The van der Waals surface area contributed by atoms with Crippen LogP contribution >= 0.6 is 15.9 Å². The summed E-state index contributed by atoms with van der Waals surface area (Å²) in [5.74, 6) is 6.72. The van der Waals surface area contributed by atoms with Crippen LogP contribution in [0.5, 0.6) is 0 Å². The highest BCUT2D eigenvalue weighted by Crippen LogP contribution is 2.37. The first-order chi connectivity index (χ1) is 17.9. The predicted octanol–water partition coefficient (Wildman–Crippen LogP) is 3.18. The van der Waals surface area contributed by atoms with Crippen LogP contribution < -0.4 is 15.8 Å². The molecule has 6 rings (SSSR count). The second kappa shape index (κ2) is 9.28. The molecular weight excluding hydrogens is 534 g/mol. The van der Waals surface area contributed by atoms with Gasteiger partial charge in [-0.15, -0.1) is 0 Å².